The monoisotopic (exact) mass is 351 g/mol. The summed E-state index contributed by atoms with van der Waals surface area (Å²) in [6.45, 7) is 4.93. The van der Waals surface area contributed by atoms with Gasteiger partial charge in [0.05, 0.1) is 12.0 Å². The van der Waals surface area contributed by atoms with Crippen LogP contribution in [-0.4, -0.2) is 12.5 Å². The smallest absolute Gasteiger partial charge is 0.235 e. The highest BCUT2D eigenvalue weighted by atomic mass is 16.5. The molecule has 0 radical (unpaired) electrons. The highest BCUT2D eigenvalue weighted by Gasteiger charge is 2.42. The Morgan fingerprint density at radius 2 is 1.77 bits per heavy atom. The van der Waals surface area contributed by atoms with Crippen molar-refractivity contribution in [1.82, 2.24) is 0 Å². The minimum Gasteiger partial charge on any atom is -0.494 e. The van der Waals surface area contributed by atoms with E-state index in [1.807, 2.05) is 43.3 Å². The van der Waals surface area contributed by atoms with E-state index >= 15 is 0 Å². The molecule has 0 atom stereocenters. The SMILES string of the molecule is CCCCOc1ccc(C2(C(=O)Nc3ccccc3C)CCCC2)cc1. The molecule has 0 bridgehead atoms. The average Bonchev–Trinajstić information content (AvgIpc) is 3.15. The van der Waals surface area contributed by atoms with Crippen LogP contribution in [0, 0.1) is 6.92 Å². The van der Waals surface area contributed by atoms with Crippen molar-refractivity contribution in [2.75, 3.05) is 11.9 Å². The summed E-state index contributed by atoms with van der Waals surface area (Å²) in [5, 5.41) is 3.18. The van der Waals surface area contributed by atoms with Crippen LogP contribution in [0.3, 0.4) is 0 Å². The molecule has 0 heterocycles. The van der Waals surface area contributed by atoms with E-state index in [-0.39, 0.29) is 5.91 Å². The van der Waals surface area contributed by atoms with Gasteiger partial charge in [0.2, 0.25) is 5.91 Å². The predicted octanol–water partition coefficient (Wildman–Crippen LogP) is 5.62. The molecular formula is C23H29NO2. The number of ether oxygens (including phenoxy) is 1. The van der Waals surface area contributed by atoms with Gasteiger partial charge >= 0.3 is 0 Å². The molecule has 3 nitrogen and oxygen atoms in total. The van der Waals surface area contributed by atoms with E-state index in [4.69, 9.17) is 4.74 Å². The Kier molecular flexibility index (Phi) is 5.97. The predicted molar refractivity (Wildman–Crippen MR) is 107 cm³/mol. The van der Waals surface area contributed by atoms with Gasteiger partial charge in [0.15, 0.2) is 0 Å². The number of amides is 1. The van der Waals surface area contributed by atoms with Crippen LogP contribution >= 0.6 is 0 Å². The Bertz CT molecular complexity index is 730. The fourth-order valence-corrected chi connectivity index (χ4v) is 3.79. The van der Waals surface area contributed by atoms with Crippen molar-refractivity contribution < 1.29 is 9.53 Å². The summed E-state index contributed by atoms with van der Waals surface area (Å²) in [4.78, 5) is 13.2. The zero-order valence-electron chi connectivity index (χ0n) is 15.9. The molecule has 1 saturated carbocycles. The van der Waals surface area contributed by atoms with Gasteiger partial charge in [0, 0.05) is 5.69 Å². The highest BCUT2D eigenvalue weighted by Crippen LogP contribution is 2.42. The van der Waals surface area contributed by atoms with Gasteiger partial charge in [-0.05, 0) is 55.5 Å². The first-order valence-electron chi connectivity index (χ1n) is 9.76. The molecule has 1 aliphatic rings. The van der Waals surface area contributed by atoms with E-state index < -0.39 is 5.41 Å². The van der Waals surface area contributed by atoms with Crippen LogP contribution in [0.15, 0.2) is 48.5 Å². The van der Waals surface area contributed by atoms with E-state index in [0.717, 1.165) is 67.7 Å². The number of rotatable bonds is 7. The summed E-state index contributed by atoms with van der Waals surface area (Å²) in [5.41, 5.74) is 2.67. The van der Waals surface area contributed by atoms with Gasteiger partial charge in [0.25, 0.3) is 0 Å². The first-order chi connectivity index (χ1) is 12.7. The maximum atomic E-state index is 13.2. The maximum absolute atomic E-state index is 13.2. The summed E-state index contributed by atoms with van der Waals surface area (Å²) in [6, 6.07) is 16.1. The van der Waals surface area contributed by atoms with Gasteiger partial charge in [-0.15, -0.1) is 0 Å². The van der Waals surface area contributed by atoms with Crippen molar-refractivity contribution in [3.8, 4) is 5.75 Å². The minimum atomic E-state index is -0.426. The van der Waals surface area contributed by atoms with Crippen LogP contribution in [0.4, 0.5) is 5.69 Å². The lowest BCUT2D eigenvalue weighted by Crippen LogP contribution is -2.38. The number of benzene rings is 2. The van der Waals surface area contributed by atoms with Gasteiger partial charge in [0.1, 0.15) is 5.75 Å². The fraction of sp³-hybridized carbons (Fsp3) is 0.435. The van der Waals surface area contributed by atoms with Crippen molar-refractivity contribution >= 4 is 11.6 Å². The average molecular weight is 351 g/mol. The summed E-state index contributed by atoms with van der Waals surface area (Å²) < 4.78 is 5.77. The Morgan fingerprint density at radius 1 is 1.08 bits per heavy atom. The molecule has 3 rings (SSSR count). The van der Waals surface area contributed by atoms with Crippen LogP contribution in [0.25, 0.3) is 0 Å². The first-order valence-corrected chi connectivity index (χ1v) is 9.76. The molecule has 0 aliphatic heterocycles. The largest absolute Gasteiger partial charge is 0.494 e. The summed E-state index contributed by atoms with van der Waals surface area (Å²) in [7, 11) is 0. The second kappa shape index (κ2) is 8.39. The third-order valence-electron chi connectivity index (χ3n) is 5.46. The molecule has 1 aliphatic carbocycles. The lowest BCUT2D eigenvalue weighted by Gasteiger charge is -2.29. The maximum Gasteiger partial charge on any atom is 0.235 e. The third kappa shape index (κ3) is 3.92. The standard InChI is InChI=1S/C23H29NO2/c1-3-4-17-26-20-13-11-19(12-14-20)23(15-7-8-16-23)22(25)24-21-10-6-5-9-18(21)2/h5-6,9-14H,3-4,7-8,15-17H2,1-2H3,(H,24,25). The van der Waals surface area contributed by atoms with Gasteiger partial charge in [-0.25, -0.2) is 0 Å². The van der Waals surface area contributed by atoms with Gasteiger partial charge in [-0.3, -0.25) is 4.79 Å². The quantitative estimate of drug-likeness (QED) is 0.657. The zero-order valence-corrected chi connectivity index (χ0v) is 15.9. The molecular weight excluding hydrogens is 322 g/mol. The number of hydrogen-bond acceptors (Lipinski definition) is 2. The molecule has 26 heavy (non-hydrogen) atoms. The molecule has 0 aromatic heterocycles. The van der Waals surface area contributed by atoms with Crippen molar-refractivity contribution in [2.45, 2.75) is 57.8 Å². The molecule has 138 valence electrons. The topological polar surface area (TPSA) is 38.3 Å². The number of unbranched alkanes of at least 4 members (excludes halogenated alkanes) is 1. The van der Waals surface area contributed by atoms with Crippen LogP contribution in [0.1, 0.15) is 56.6 Å². The van der Waals surface area contributed by atoms with Crippen molar-refractivity contribution in [3.63, 3.8) is 0 Å². The molecule has 0 saturated heterocycles. The Balaban J connectivity index is 1.79. The number of nitrogens with one attached hydrogen (secondary N) is 1. The van der Waals surface area contributed by atoms with Crippen molar-refractivity contribution in [2.24, 2.45) is 0 Å². The fourth-order valence-electron chi connectivity index (χ4n) is 3.79. The molecule has 1 amide bonds. The van der Waals surface area contributed by atoms with Crippen LogP contribution in [-0.2, 0) is 10.2 Å². The van der Waals surface area contributed by atoms with Crippen LogP contribution in [0.5, 0.6) is 5.75 Å². The number of carbonyl (C=O) groups is 1. The minimum absolute atomic E-state index is 0.115. The molecule has 0 spiro atoms. The lowest BCUT2D eigenvalue weighted by molar-refractivity contribution is -0.121. The number of para-hydroxylation sites is 1. The lowest BCUT2D eigenvalue weighted by atomic mass is 9.78. The number of anilines is 1. The number of aryl methyl sites for hydroxylation is 1. The second-order valence-corrected chi connectivity index (χ2v) is 7.28. The van der Waals surface area contributed by atoms with E-state index in [1.165, 1.54) is 0 Å². The van der Waals surface area contributed by atoms with Gasteiger partial charge in [-0.2, -0.15) is 0 Å². The van der Waals surface area contributed by atoms with E-state index in [9.17, 15) is 4.79 Å². The Morgan fingerprint density at radius 3 is 2.42 bits per heavy atom. The second-order valence-electron chi connectivity index (χ2n) is 7.28. The summed E-state index contributed by atoms with van der Waals surface area (Å²) >= 11 is 0. The Hall–Kier alpha value is -2.29. The van der Waals surface area contributed by atoms with Crippen molar-refractivity contribution in [3.05, 3.63) is 59.7 Å². The third-order valence-corrected chi connectivity index (χ3v) is 5.46. The highest BCUT2D eigenvalue weighted by molar-refractivity contribution is 6.00. The first kappa shape index (κ1) is 18.5. The molecule has 0 unspecified atom stereocenters. The summed E-state index contributed by atoms with van der Waals surface area (Å²) in [6.07, 6.45) is 6.18. The molecule has 3 heteroatoms. The van der Waals surface area contributed by atoms with Gasteiger partial charge < -0.3 is 10.1 Å². The van der Waals surface area contributed by atoms with E-state index in [0.29, 0.717) is 0 Å². The number of hydrogen-bond donors (Lipinski definition) is 1. The van der Waals surface area contributed by atoms with E-state index in [1.54, 1.807) is 0 Å². The van der Waals surface area contributed by atoms with Crippen molar-refractivity contribution in [1.29, 1.82) is 0 Å². The Labute approximate surface area is 156 Å². The number of carbonyl (C=O) groups excluding carboxylic acids is 1. The molecule has 1 fully saturated rings. The normalized spacial score (nSPS) is 15.6. The van der Waals surface area contributed by atoms with Crippen LogP contribution in [0.2, 0.25) is 0 Å². The van der Waals surface area contributed by atoms with E-state index in [2.05, 4.69) is 24.4 Å². The van der Waals surface area contributed by atoms with Gasteiger partial charge in [-0.1, -0.05) is 56.5 Å². The van der Waals surface area contributed by atoms with Crippen LogP contribution < -0.4 is 10.1 Å². The molecule has 1 N–H and O–H groups in total. The molecule has 2 aromatic carbocycles. The summed E-state index contributed by atoms with van der Waals surface area (Å²) in [5.74, 6) is 0.999. The molecule has 2 aromatic rings. The zero-order chi connectivity index (χ0) is 18.4.